The Morgan fingerprint density at radius 3 is 3.20 bits per heavy atom. The third kappa shape index (κ3) is 1.98. The summed E-state index contributed by atoms with van der Waals surface area (Å²) in [4.78, 5) is 15.5. The van der Waals surface area contributed by atoms with Crippen molar-refractivity contribution in [2.24, 2.45) is 0 Å². The molecule has 0 bridgehead atoms. The molecule has 0 radical (unpaired) electrons. The van der Waals surface area contributed by atoms with E-state index in [1.807, 2.05) is 28.8 Å². The van der Waals surface area contributed by atoms with E-state index in [-0.39, 0.29) is 12.4 Å². The summed E-state index contributed by atoms with van der Waals surface area (Å²) >= 11 is 0. The Kier molecular flexibility index (Phi) is 2.67. The molecule has 4 heteroatoms. The van der Waals surface area contributed by atoms with Gasteiger partial charge in [0, 0.05) is 6.20 Å². The first-order valence-corrected chi connectivity index (χ1v) is 4.88. The van der Waals surface area contributed by atoms with Gasteiger partial charge in [-0.2, -0.15) is 0 Å². The summed E-state index contributed by atoms with van der Waals surface area (Å²) in [5.74, 6) is 0.470. The first-order valence-electron chi connectivity index (χ1n) is 4.88. The van der Waals surface area contributed by atoms with E-state index >= 15 is 0 Å². The van der Waals surface area contributed by atoms with E-state index < -0.39 is 0 Å². The number of rotatable bonds is 3. The molecule has 0 aliphatic carbocycles. The van der Waals surface area contributed by atoms with Crippen molar-refractivity contribution in [1.29, 1.82) is 0 Å². The van der Waals surface area contributed by atoms with E-state index in [0.29, 0.717) is 12.4 Å². The molecule has 0 amide bonds. The molecule has 0 unspecified atom stereocenters. The van der Waals surface area contributed by atoms with Crippen LogP contribution in [-0.4, -0.2) is 22.0 Å². The van der Waals surface area contributed by atoms with Crippen LogP contribution in [0.15, 0.2) is 30.6 Å². The van der Waals surface area contributed by atoms with Gasteiger partial charge >= 0.3 is 5.97 Å². The van der Waals surface area contributed by atoms with Crippen LogP contribution in [0.3, 0.4) is 0 Å². The van der Waals surface area contributed by atoms with Crippen molar-refractivity contribution in [2.75, 3.05) is 6.61 Å². The van der Waals surface area contributed by atoms with Gasteiger partial charge in [-0.15, -0.1) is 0 Å². The van der Waals surface area contributed by atoms with Gasteiger partial charge in [-0.3, -0.25) is 4.79 Å². The zero-order valence-electron chi connectivity index (χ0n) is 8.51. The number of hydrogen-bond donors (Lipinski definition) is 0. The molecule has 4 nitrogen and oxygen atoms in total. The van der Waals surface area contributed by atoms with Gasteiger partial charge in [-0.25, -0.2) is 4.98 Å². The van der Waals surface area contributed by atoms with Crippen molar-refractivity contribution in [3.8, 4) is 0 Å². The number of hydrogen-bond acceptors (Lipinski definition) is 3. The maximum atomic E-state index is 11.3. The van der Waals surface area contributed by atoms with Crippen LogP contribution in [0.2, 0.25) is 0 Å². The zero-order chi connectivity index (χ0) is 10.7. The van der Waals surface area contributed by atoms with E-state index in [4.69, 9.17) is 4.74 Å². The summed E-state index contributed by atoms with van der Waals surface area (Å²) in [5, 5.41) is 0. The second kappa shape index (κ2) is 4.13. The Bertz CT molecular complexity index is 476. The second-order valence-corrected chi connectivity index (χ2v) is 3.15. The highest BCUT2D eigenvalue weighted by Gasteiger charge is 2.08. The molecule has 0 aliphatic rings. The monoisotopic (exact) mass is 204 g/mol. The lowest BCUT2D eigenvalue weighted by atomic mass is 10.4. The van der Waals surface area contributed by atoms with Crippen molar-refractivity contribution in [1.82, 2.24) is 9.38 Å². The van der Waals surface area contributed by atoms with Crippen molar-refractivity contribution >= 4 is 11.5 Å². The van der Waals surface area contributed by atoms with E-state index in [0.717, 1.165) is 5.52 Å². The molecule has 0 saturated carbocycles. The summed E-state index contributed by atoms with van der Waals surface area (Å²) in [7, 11) is 0. The van der Waals surface area contributed by atoms with Crippen molar-refractivity contribution < 1.29 is 9.53 Å². The number of imidazole rings is 1. The fourth-order valence-electron chi connectivity index (χ4n) is 1.47. The van der Waals surface area contributed by atoms with Crippen molar-refractivity contribution in [3.05, 3.63) is 36.4 Å². The van der Waals surface area contributed by atoms with Crippen LogP contribution < -0.4 is 0 Å². The Morgan fingerprint density at radius 2 is 2.40 bits per heavy atom. The highest BCUT2D eigenvalue weighted by atomic mass is 16.5. The number of aromatic nitrogens is 2. The lowest BCUT2D eigenvalue weighted by Crippen LogP contribution is -2.10. The van der Waals surface area contributed by atoms with Crippen LogP contribution in [0.5, 0.6) is 0 Å². The molecule has 0 aliphatic heterocycles. The van der Waals surface area contributed by atoms with Gasteiger partial charge in [-0.05, 0) is 19.1 Å². The summed E-state index contributed by atoms with van der Waals surface area (Å²) < 4.78 is 6.76. The molecule has 2 aromatic rings. The quantitative estimate of drug-likeness (QED) is 0.710. The van der Waals surface area contributed by atoms with Crippen LogP contribution in [0.4, 0.5) is 0 Å². The van der Waals surface area contributed by atoms with Gasteiger partial charge in [0.1, 0.15) is 12.2 Å². The van der Waals surface area contributed by atoms with Crippen molar-refractivity contribution in [2.45, 2.75) is 13.3 Å². The molecule has 0 fully saturated rings. The highest BCUT2D eigenvalue weighted by Crippen LogP contribution is 2.06. The number of carbonyl (C=O) groups is 1. The molecule has 2 heterocycles. The van der Waals surface area contributed by atoms with E-state index in [1.165, 1.54) is 0 Å². The van der Waals surface area contributed by atoms with E-state index in [2.05, 4.69) is 4.98 Å². The number of carbonyl (C=O) groups excluding carboxylic acids is 1. The third-order valence-electron chi connectivity index (χ3n) is 2.12. The molecule has 0 saturated heterocycles. The summed E-state index contributed by atoms with van der Waals surface area (Å²) in [5.41, 5.74) is 0.983. The SMILES string of the molecule is CCOC(=O)Cc1ncc2ccccn12. The topological polar surface area (TPSA) is 43.6 Å². The van der Waals surface area contributed by atoms with E-state index in [9.17, 15) is 4.79 Å². The van der Waals surface area contributed by atoms with Gasteiger partial charge in [0.15, 0.2) is 0 Å². The summed E-state index contributed by atoms with van der Waals surface area (Å²) in [6, 6.07) is 5.79. The Morgan fingerprint density at radius 1 is 1.53 bits per heavy atom. The average Bonchev–Trinajstić information content (AvgIpc) is 2.62. The largest absolute Gasteiger partial charge is 0.466 e. The van der Waals surface area contributed by atoms with Gasteiger partial charge < -0.3 is 9.14 Å². The predicted octanol–water partition coefficient (Wildman–Crippen LogP) is 1.44. The fourth-order valence-corrected chi connectivity index (χ4v) is 1.47. The minimum atomic E-state index is -0.242. The third-order valence-corrected chi connectivity index (χ3v) is 2.12. The van der Waals surface area contributed by atoms with Crippen LogP contribution >= 0.6 is 0 Å². The fraction of sp³-hybridized carbons (Fsp3) is 0.273. The average molecular weight is 204 g/mol. The Labute approximate surface area is 87.5 Å². The molecule has 0 N–H and O–H groups in total. The maximum Gasteiger partial charge on any atom is 0.313 e. The molecule has 0 atom stereocenters. The Balaban J connectivity index is 2.25. The lowest BCUT2D eigenvalue weighted by molar-refractivity contribution is -0.142. The van der Waals surface area contributed by atoms with Crippen molar-refractivity contribution in [3.63, 3.8) is 0 Å². The van der Waals surface area contributed by atoms with Gasteiger partial charge in [0.2, 0.25) is 0 Å². The molecular formula is C11H12N2O2. The first kappa shape index (κ1) is 9.71. The minimum absolute atomic E-state index is 0.214. The zero-order valence-corrected chi connectivity index (χ0v) is 8.51. The highest BCUT2D eigenvalue weighted by molar-refractivity contribution is 5.72. The number of esters is 1. The molecule has 2 aromatic heterocycles. The molecule has 0 aromatic carbocycles. The van der Waals surface area contributed by atoms with E-state index in [1.54, 1.807) is 13.1 Å². The first-order chi connectivity index (χ1) is 7.31. The maximum absolute atomic E-state index is 11.3. The second-order valence-electron chi connectivity index (χ2n) is 3.15. The smallest absolute Gasteiger partial charge is 0.313 e. The molecule has 15 heavy (non-hydrogen) atoms. The Hall–Kier alpha value is -1.84. The number of ether oxygens (including phenoxy) is 1. The van der Waals surface area contributed by atoms with Gasteiger partial charge in [0.25, 0.3) is 0 Å². The van der Waals surface area contributed by atoms with Gasteiger partial charge in [-0.1, -0.05) is 6.07 Å². The number of fused-ring (bicyclic) bond motifs is 1. The molecular weight excluding hydrogens is 192 g/mol. The lowest BCUT2D eigenvalue weighted by Gasteiger charge is -2.01. The standard InChI is InChI=1S/C11H12N2O2/c1-2-15-11(14)7-10-12-8-9-5-3-4-6-13(9)10/h3-6,8H,2,7H2,1H3. The number of pyridine rings is 1. The van der Waals surface area contributed by atoms with Crippen LogP contribution in [0, 0.1) is 0 Å². The molecule has 2 rings (SSSR count). The predicted molar refractivity (Wildman–Crippen MR) is 55.5 cm³/mol. The summed E-state index contributed by atoms with van der Waals surface area (Å²) in [6.45, 7) is 2.20. The van der Waals surface area contributed by atoms with Crippen LogP contribution in [0.25, 0.3) is 5.52 Å². The van der Waals surface area contributed by atoms with Crippen LogP contribution in [0.1, 0.15) is 12.7 Å². The number of nitrogens with zero attached hydrogens (tertiary/aromatic N) is 2. The van der Waals surface area contributed by atoms with Gasteiger partial charge in [0.05, 0.1) is 18.3 Å². The summed E-state index contributed by atoms with van der Waals surface area (Å²) in [6.07, 6.45) is 3.84. The minimum Gasteiger partial charge on any atom is -0.466 e. The molecule has 78 valence electrons. The van der Waals surface area contributed by atoms with Crippen LogP contribution in [-0.2, 0) is 16.0 Å². The molecule has 0 spiro atoms. The normalized spacial score (nSPS) is 10.5.